The summed E-state index contributed by atoms with van der Waals surface area (Å²) >= 11 is 11.0. The number of aromatic amines is 1. The highest BCUT2D eigenvalue weighted by molar-refractivity contribution is 6.44. The van der Waals surface area contributed by atoms with Gasteiger partial charge in [-0.3, -0.25) is 0 Å². The molecule has 2 aromatic heterocycles. The van der Waals surface area contributed by atoms with Crippen LogP contribution in [0.3, 0.4) is 0 Å². The Morgan fingerprint density at radius 2 is 2.29 bits per heavy atom. The van der Waals surface area contributed by atoms with Gasteiger partial charge in [0, 0.05) is 0 Å². The first-order valence-corrected chi connectivity index (χ1v) is 4.70. The molecule has 0 saturated carbocycles. The SMILES string of the molecule is ClC(Cl)COc1ncc2[nH]cnc2n1. The van der Waals surface area contributed by atoms with E-state index >= 15 is 0 Å². The fourth-order valence-electron chi connectivity index (χ4n) is 0.927. The van der Waals surface area contributed by atoms with Crippen LogP contribution in [-0.2, 0) is 0 Å². The van der Waals surface area contributed by atoms with E-state index in [4.69, 9.17) is 27.9 Å². The number of fused-ring (bicyclic) bond motifs is 1. The number of H-pyrrole nitrogens is 1. The molecule has 2 rings (SSSR count). The molecule has 0 aromatic carbocycles. The molecule has 0 aliphatic heterocycles. The Kier molecular flexibility index (Phi) is 2.69. The second kappa shape index (κ2) is 3.98. The van der Waals surface area contributed by atoms with Gasteiger partial charge in [0.2, 0.25) is 0 Å². The van der Waals surface area contributed by atoms with E-state index in [9.17, 15) is 0 Å². The van der Waals surface area contributed by atoms with Crippen LogP contribution in [0.25, 0.3) is 11.2 Å². The molecule has 2 heterocycles. The molecule has 0 fully saturated rings. The minimum atomic E-state index is -0.589. The normalized spacial score (nSPS) is 11.1. The number of hydrogen-bond donors (Lipinski definition) is 1. The van der Waals surface area contributed by atoms with Gasteiger partial charge >= 0.3 is 6.01 Å². The van der Waals surface area contributed by atoms with Gasteiger partial charge in [-0.1, -0.05) is 0 Å². The van der Waals surface area contributed by atoms with Crippen molar-refractivity contribution >= 4 is 34.4 Å². The highest BCUT2D eigenvalue weighted by atomic mass is 35.5. The van der Waals surface area contributed by atoms with Crippen LogP contribution in [0.5, 0.6) is 6.01 Å². The Bertz CT molecular complexity index is 430. The predicted molar refractivity (Wildman–Crippen MR) is 52.7 cm³/mol. The summed E-state index contributed by atoms with van der Waals surface area (Å²) in [5.41, 5.74) is 1.31. The van der Waals surface area contributed by atoms with Crippen LogP contribution in [-0.4, -0.2) is 31.4 Å². The molecule has 0 unspecified atom stereocenters. The molecule has 0 aliphatic carbocycles. The molecule has 1 N–H and O–H groups in total. The lowest BCUT2D eigenvalue weighted by atomic mass is 10.6. The molecule has 0 amide bonds. The highest BCUT2D eigenvalue weighted by Gasteiger charge is 2.04. The van der Waals surface area contributed by atoms with Gasteiger partial charge in [0.15, 0.2) is 5.65 Å². The van der Waals surface area contributed by atoms with Gasteiger partial charge in [0.1, 0.15) is 17.0 Å². The average molecular weight is 233 g/mol. The van der Waals surface area contributed by atoms with Gasteiger partial charge in [0.05, 0.1) is 12.5 Å². The maximum atomic E-state index is 5.49. The third-order valence-electron chi connectivity index (χ3n) is 1.49. The first-order chi connectivity index (χ1) is 6.75. The maximum absolute atomic E-state index is 5.49. The lowest BCUT2D eigenvalue weighted by molar-refractivity contribution is 0.309. The second-order valence-corrected chi connectivity index (χ2v) is 3.77. The van der Waals surface area contributed by atoms with E-state index in [1.807, 2.05) is 0 Å². The Morgan fingerprint density at radius 3 is 3.07 bits per heavy atom. The van der Waals surface area contributed by atoms with E-state index in [-0.39, 0.29) is 12.6 Å². The zero-order chi connectivity index (χ0) is 9.97. The molecular weight excluding hydrogens is 227 g/mol. The van der Waals surface area contributed by atoms with Gasteiger partial charge in [-0.05, 0) is 0 Å². The number of aromatic nitrogens is 4. The summed E-state index contributed by atoms with van der Waals surface area (Å²) in [5, 5.41) is 0. The minimum Gasteiger partial charge on any atom is -0.461 e. The van der Waals surface area contributed by atoms with E-state index in [0.717, 1.165) is 5.52 Å². The summed E-state index contributed by atoms with van der Waals surface area (Å²) in [5.74, 6) is 0. The Morgan fingerprint density at radius 1 is 1.43 bits per heavy atom. The first kappa shape index (κ1) is 9.48. The van der Waals surface area contributed by atoms with Crippen molar-refractivity contribution < 1.29 is 4.74 Å². The van der Waals surface area contributed by atoms with Crippen LogP contribution < -0.4 is 4.74 Å². The standard InChI is InChI=1S/C7H6Cl2N4O/c8-5(9)2-14-7-10-1-4-6(13-7)12-3-11-4/h1,3,5H,2H2,(H,10,11,12,13). The Balaban J connectivity index is 2.17. The summed E-state index contributed by atoms with van der Waals surface area (Å²) in [6.07, 6.45) is 3.12. The van der Waals surface area contributed by atoms with Crippen molar-refractivity contribution in [1.29, 1.82) is 0 Å². The molecule has 14 heavy (non-hydrogen) atoms. The molecule has 0 spiro atoms. The molecule has 0 atom stereocenters. The van der Waals surface area contributed by atoms with Gasteiger partial charge in [0.25, 0.3) is 0 Å². The number of alkyl halides is 2. The number of nitrogens with zero attached hydrogens (tertiary/aromatic N) is 3. The minimum absolute atomic E-state index is 0.152. The molecule has 5 nitrogen and oxygen atoms in total. The number of nitrogens with one attached hydrogen (secondary N) is 1. The quantitative estimate of drug-likeness (QED) is 0.816. The van der Waals surface area contributed by atoms with Crippen molar-refractivity contribution in [2.75, 3.05) is 6.61 Å². The lowest BCUT2D eigenvalue weighted by Gasteiger charge is -2.02. The fourth-order valence-corrected chi connectivity index (χ4v) is 1.05. The summed E-state index contributed by atoms with van der Waals surface area (Å²) in [7, 11) is 0. The number of hydrogen-bond acceptors (Lipinski definition) is 4. The highest BCUT2D eigenvalue weighted by Crippen LogP contribution is 2.10. The molecule has 74 valence electrons. The Hall–Kier alpha value is -1.07. The molecule has 0 radical (unpaired) electrons. The van der Waals surface area contributed by atoms with Gasteiger partial charge in [-0.15, -0.1) is 23.2 Å². The first-order valence-electron chi connectivity index (χ1n) is 3.83. The second-order valence-electron chi connectivity index (χ2n) is 2.49. The molecular formula is C7H6Cl2N4O. The largest absolute Gasteiger partial charge is 0.461 e. The van der Waals surface area contributed by atoms with Gasteiger partial charge in [-0.25, -0.2) is 9.97 Å². The average Bonchev–Trinajstić information content (AvgIpc) is 2.61. The van der Waals surface area contributed by atoms with Crippen molar-refractivity contribution in [2.24, 2.45) is 0 Å². The zero-order valence-electron chi connectivity index (χ0n) is 6.94. The van der Waals surface area contributed by atoms with Gasteiger partial charge in [-0.2, -0.15) is 4.98 Å². The number of ether oxygens (including phenoxy) is 1. The van der Waals surface area contributed by atoms with Crippen LogP contribution >= 0.6 is 23.2 Å². The van der Waals surface area contributed by atoms with Crippen molar-refractivity contribution in [3.63, 3.8) is 0 Å². The van der Waals surface area contributed by atoms with E-state index < -0.39 is 4.84 Å². The summed E-state index contributed by atoms with van der Waals surface area (Å²) in [4.78, 5) is 14.2. The lowest BCUT2D eigenvalue weighted by Crippen LogP contribution is -2.07. The summed E-state index contributed by atoms with van der Waals surface area (Å²) in [6, 6.07) is 0.218. The fraction of sp³-hybridized carbons (Fsp3) is 0.286. The Labute approximate surface area is 89.4 Å². The van der Waals surface area contributed by atoms with Crippen LogP contribution in [0.15, 0.2) is 12.5 Å². The molecule has 7 heteroatoms. The van der Waals surface area contributed by atoms with E-state index in [1.54, 1.807) is 6.20 Å². The van der Waals surface area contributed by atoms with Crippen LogP contribution in [0, 0.1) is 0 Å². The van der Waals surface area contributed by atoms with Crippen LogP contribution in [0.1, 0.15) is 0 Å². The molecule has 0 aliphatic rings. The van der Waals surface area contributed by atoms with E-state index in [0.29, 0.717) is 5.65 Å². The number of imidazole rings is 1. The van der Waals surface area contributed by atoms with Crippen molar-refractivity contribution in [1.82, 2.24) is 19.9 Å². The number of halogens is 2. The van der Waals surface area contributed by atoms with Crippen molar-refractivity contribution in [2.45, 2.75) is 4.84 Å². The van der Waals surface area contributed by atoms with Crippen LogP contribution in [0.4, 0.5) is 0 Å². The molecule has 2 aromatic rings. The smallest absolute Gasteiger partial charge is 0.318 e. The van der Waals surface area contributed by atoms with Crippen molar-refractivity contribution in [3.05, 3.63) is 12.5 Å². The molecule has 0 saturated heterocycles. The number of rotatable bonds is 3. The van der Waals surface area contributed by atoms with Crippen molar-refractivity contribution in [3.8, 4) is 6.01 Å². The third kappa shape index (κ3) is 2.05. The maximum Gasteiger partial charge on any atom is 0.318 e. The summed E-state index contributed by atoms with van der Waals surface area (Å²) < 4.78 is 5.10. The third-order valence-corrected chi connectivity index (χ3v) is 1.74. The zero-order valence-corrected chi connectivity index (χ0v) is 8.46. The molecule has 0 bridgehead atoms. The van der Waals surface area contributed by atoms with Crippen LogP contribution in [0.2, 0.25) is 0 Å². The predicted octanol–water partition coefficient (Wildman–Crippen LogP) is 1.54. The van der Waals surface area contributed by atoms with Gasteiger partial charge < -0.3 is 9.72 Å². The summed E-state index contributed by atoms with van der Waals surface area (Å²) in [6.45, 7) is 0.152. The van der Waals surface area contributed by atoms with E-state index in [1.165, 1.54) is 6.33 Å². The van der Waals surface area contributed by atoms with E-state index in [2.05, 4.69) is 19.9 Å². The topological polar surface area (TPSA) is 63.7 Å². The monoisotopic (exact) mass is 232 g/mol.